The van der Waals surface area contributed by atoms with Crippen LogP contribution in [0.4, 0.5) is 11.4 Å². The third kappa shape index (κ3) is 3.51. The van der Waals surface area contributed by atoms with Crippen LogP contribution in [0.1, 0.15) is 0 Å². The lowest BCUT2D eigenvalue weighted by molar-refractivity contribution is 0.122. The van der Waals surface area contributed by atoms with Gasteiger partial charge in [0, 0.05) is 24.5 Å². The van der Waals surface area contributed by atoms with E-state index in [1.54, 1.807) is 12.1 Å². The van der Waals surface area contributed by atoms with Crippen molar-refractivity contribution in [2.45, 2.75) is 0 Å². The van der Waals surface area contributed by atoms with E-state index in [0.717, 1.165) is 32.0 Å². The van der Waals surface area contributed by atoms with E-state index in [1.165, 1.54) is 0 Å². The summed E-state index contributed by atoms with van der Waals surface area (Å²) in [6, 6.07) is 7.23. The molecule has 100 valence electrons. The second-order valence-corrected chi connectivity index (χ2v) is 6.28. The predicted molar refractivity (Wildman–Crippen MR) is 72.7 cm³/mol. The van der Waals surface area contributed by atoms with Gasteiger partial charge in [-0.1, -0.05) is 0 Å². The summed E-state index contributed by atoms with van der Waals surface area (Å²) in [5.41, 5.74) is 1.58. The van der Waals surface area contributed by atoms with Crippen LogP contribution in [0.5, 0.6) is 0 Å². The zero-order chi connectivity index (χ0) is 13.0. The second kappa shape index (κ2) is 5.77. The molecule has 1 aliphatic heterocycles. The van der Waals surface area contributed by atoms with E-state index < -0.39 is 15.2 Å². The number of nitrogens with zero attached hydrogens (tertiary/aromatic N) is 1. The smallest absolute Gasteiger partial charge is 0.246 e. The Bertz CT molecular complexity index is 484. The van der Waals surface area contributed by atoms with Gasteiger partial charge in [-0.3, -0.25) is 4.72 Å². The first-order chi connectivity index (χ1) is 8.61. The van der Waals surface area contributed by atoms with Crippen LogP contribution in [0.2, 0.25) is 0 Å². The summed E-state index contributed by atoms with van der Waals surface area (Å²) in [5, 5.41) is -0.446. The van der Waals surface area contributed by atoms with Crippen molar-refractivity contribution in [3.63, 3.8) is 0 Å². The van der Waals surface area contributed by atoms with Crippen LogP contribution >= 0.6 is 11.6 Å². The van der Waals surface area contributed by atoms with Crippen molar-refractivity contribution in [2.75, 3.05) is 41.1 Å². The van der Waals surface area contributed by atoms with Crippen LogP contribution < -0.4 is 9.62 Å². The van der Waals surface area contributed by atoms with Crippen molar-refractivity contribution in [3.8, 4) is 0 Å². The first-order valence-corrected chi connectivity index (χ1v) is 7.78. The Morgan fingerprint density at radius 2 is 1.83 bits per heavy atom. The summed E-state index contributed by atoms with van der Waals surface area (Å²) in [7, 11) is -3.43. The molecule has 1 aliphatic rings. The van der Waals surface area contributed by atoms with Gasteiger partial charge in [-0.05, 0) is 24.3 Å². The normalized spacial score (nSPS) is 16.6. The zero-order valence-electron chi connectivity index (χ0n) is 9.80. The molecule has 1 aromatic rings. The minimum atomic E-state index is -3.43. The van der Waals surface area contributed by atoms with Crippen LogP contribution in [0.3, 0.4) is 0 Å². The van der Waals surface area contributed by atoms with Crippen molar-refractivity contribution < 1.29 is 13.2 Å². The highest BCUT2D eigenvalue weighted by Gasteiger charge is 2.12. The molecule has 1 N–H and O–H groups in total. The number of hydrogen-bond acceptors (Lipinski definition) is 4. The number of halogens is 1. The van der Waals surface area contributed by atoms with E-state index in [4.69, 9.17) is 16.3 Å². The molecule has 7 heteroatoms. The highest BCUT2D eigenvalue weighted by atomic mass is 35.5. The Balaban J connectivity index is 2.05. The molecule has 0 spiro atoms. The summed E-state index contributed by atoms with van der Waals surface area (Å²) >= 11 is 5.32. The third-order valence-corrected chi connectivity index (χ3v) is 4.36. The van der Waals surface area contributed by atoms with E-state index in [1.807, 2.05) is 12.1 Å². The van der Waals surface area contributed by atoms with Gasteiger partial charge in [-0.2, -0.15) is 0 Å². The second-order valence-electron chi connectivity index (χ2n) is 3.97. The lowest BCUT2D eigenvalue weighted by atomic mass is 10.2. The Morgan fingerprint density at radius 1 is 1.22 bits per heavy atom. The number of benzene rings is 1. The molecule has 1 heterocycles. The molecule has 0 bridgehead atoms. The Morgan fingerprint density at radius 3 is 2.39 bits per heavy atom. The number of anilines is 2. The van der Waals surface area contributed by atoms with Crippen LogP contribution in [-0.2, 0) is 14.8 Å². The summed E-state index contributed by atoms with van der Waals surface area (Å²) in [6.07, 6.45) is 0. The van der Waals surface area contributed by atoms with Gasteiger partial charge < -0.3 is 9.64 Å². The average molecular weight is 291 g/mol. The van der Waals surface area contributed by atoms with Crippen molar-refractivity contribution in [1.29, 1.82) is 0 Å². The SMILES string of the molecule is O=S(=O)(CCl)Nc1ccc(N2CCOCC2)cc1. The maximum atomic E-state index is 11.3. The minimum absolute atomic E-state index is 0.446. The fraction of sp³-hybridized carbons (Fsp3) is 0.455. The van der Waals surface area contributed by atoms with Crippen molar-refractivity contribution in [3.05, 3.63) is 24.3 Å². The van der Waals surface area contributed by atoms with Crippen molar-refractivity contribution in [1.82, 2.24) is 0 Å². The monoisotopic (exact) mass is 290 g/mol. The van der Waals surface area contributed by atoms with Gasteiger partial charge in [0.1, 0.15) is 5.21 Å². The fourth-order valence-electron chi connectivity index (χ4n) is 1.77. The largest absolute Gasteiger partial charge is 0.378 e. The first-order valence-electron chi connectivity index (χ1n) is 5.60. The van der Waals surface area contributed by atoms with Crippen molar-refractivity contribution >= 4 is 33.0 Å². The molecule has 18 heavy (non-hydrogen) atoms. The molecular formula is C11H15ClN2O3S. The minimum Gasteiger partial charge on any atom is -0.378 e. The number of sulfonamides is 1. The number of alkyl halides is 1. The number of hydrogen-bond donors (Lipinski definition) is 1. The van der Waals surface area contributed by atoms with Crippen LogP contribution in [-0.4, -0.2) is 39.9 Å². The summed E-state index contributed by atoms with van der Waals surface area (Å²) in [6.45, 7) is 3.15. The summed E-state index contributed by atoms with van der Waals surface area (Å²) in [5.74, 6) is 0. The molecule has 0 aromatic heterocycles. The van der Waals surface area contributed by atoms with E-state index in [9.17, 15) is 8.42 Å². The van der Waals surface area contributed by atoms with Gasteiger partial charge >= 0.3 is 0 Å². The molecule has 0 aliphatic carbocycles. The molecule has 2 rings (SSSR count). The number of nitrogens with one attached hydrogen (secondary N) is 1. The van der Waals surface area contributed by atoms with Gasteiger partial charge in [0.15, 0.2) is 0 Å². The predicted octanol–water partition coefficient (Wildman–Crippen LogP) is 1.46. The van der Waals surface area contributed by atoms with Gasteiger partial charge in [0.05, 0.1) is 13.2 Å². The van der Waals surface area contributed by atoms with Crippen molar-refractivity contribution in [2.24, 2.45) is 0 Å². The quantitative estimate of drug-likeness (QED) is 0.853. The van der Waals surface area contributed by atoms with E-state index in [0.29, 0.717) is 5.69 Å². The Kier molecular flexibility index (Phi) is 4.31. The van der Waals surface area contributed by atoms with Gasteiger partial charge in [-0.15, -0.1) is 11.6 Å². The molecule has 0 radical (unpaired) electrons. The van der Waals surface area contributed by atoms with Gasteiger partial charge in [0.25, 0.3) is 0 Å². The first kappa shape index (κ1) is 13.5. The average Bonchev–Trinajstić information content (AvgIpc) is 2.40. The summed E-state index contributed by atoms with van der Waals surface area (Å²) < 4.78 is 30.2. The zero-order valence-corrected chi connectivity index (χ0v) is 11.4. The van der Waals surface area contributed by atoms with Gasteiger partial charge in [0.2, 0.25) is 10.0 Å². The van der Waals surface area contributed by atoms with E-state index in [-0.39, 0.29) is 0 Å². The van der Waals surface area contributed by atoms with E-state index in [2.05, 4.69) is 9.62 Å². The van der Waals surface area contributed by atoms with Crippen LogP contribution in [0.15, 0.2) is 24.3 Å². The fourth-order valence-corrected chi connectivity index (χ4v) is 2.48. The molecule has 1 aromatic carbocycles. The lowest BCUT2D eigenvalue weighted by Crippen LogP contribution is -2.36. The maximum absolute atomic E-state index is 11.3. The molecule has 0 atom stereocenters. The Hall–Kier alpha value is -0.980. The Labute approximate surface area is 112 Å². The van der Waals surface area contributed by atoms with Gasteiger partial charge in [-0.25, -0.2) is 8.42 Å². The topological polar surface area (TPSA) is 58.6 Å². The molecule has 5 nitrogen and oxygen atoms in total. The van der Waals surface area contributed by atoms with Crippen LogP contribution in [0, 0.1) is 0 Å². The van der Waals surface area contributed by atoms with E-state index >= 15 is 0 Å². The number of morpholine rings is 1. The molecule has 0 amide bonds. The molecule has 0 saturated carbocycles. The highest BCUT2D eigenvalue weighted by molar-refractivity contribution is 7.93. The highest BCUT2D eigenvalue weighted by Crippen LogP contribution is 2.19. The number of rotatable bonds is 4. The number of ether oxygens (including phenoxy) is 1. The molecule has 1 saturated heterocycles. The maximum Gasteiger partial charge on any atom is 0.246 e. The standard InChI is InChI=1S/C11H15ClN2O3S/c12-9-18(15,16)13-10-1-3-11(4-2-10)14-5-7-17-8-6-14/h1-4,13H,5-9H2. The summed E-state index contributed by atoms with van der Waals surface area (Å²) in [4.78, 5) is 2.20. The third-order valence-electron chi connectivity index (χ3n) is 2.66. The molecule has 0 unspecified atom stereocenters. The molecular weight excluding hydrogens is 276 g/mol. The lowest BCUT2D eigenvalue weighted by Gasteiger charge is -2.28. The molecule has 1 fully saturated rings. The van der Waals surface area contributed by atoms with Crippen LogP contribution in [0.25, 0.3) is 0 Å².